The number of carboxylic acids is 1. The number of carbonyl (C=O) groups is 2. The highest BCUT2D eigenvalue weighted by atomic mass is 32.2. The highest BCUT2D eigenvalue weighted by Gasteiger charge is 2.23. The van der Waals surface area contributed by atoms with Gasteiger partial charge in [0.05, 0.1) is 23.0 Å². The minimum atomic E-state index is -1.09. The van der Waals surface area contributed by atoms with E-state index in [4.69, 9.17) is 14.8 Å². The van der Waals surface area contributed by atoms with E-state index in [0.29, 0.717) is 32.4 Å². The van der Waals surface area contributed by atoms with Crippen molar-refractivity contribution in [3.8, 4) is 11.4 Å². The molecule has 194 valence electrons. The number of nitrogens with one attached hydrogen (secondary N) is 1. The Balaban J connectivity index is 1.35. The first-order valence-corrected chi connectivity index (χ1v) is 13.8. The molecule has 1 aliphatic carbocycles. The van der Waals surface area contributed by atoms with Crippen molar-refractivity contribution in [2.45, 2.75) is 30.8 Å². The molecule has 0 bridgehead atoms. The number of benzene rings is 2. The molecule has 0 spiro atoms. The SMILES string of the molecule is O=C(O)COc1ccccc1/C=N/NC(=O)CSc1nc2sc3c(c2c(=O)n1-c1ccccc1)CCCC3. The van der Waals surface area contributed by atoms with Crippen molar-refractivity contribution in [1.29, 1.82) is 0 Å². The molecule has 9 nitrogen and oxygen atoms in total. The van der Waals surface area contributed by atoms with E-state index in [2.05, 4.69) is 10.5 Å². The predicted octanol–water partition coefficient (Wildman–Crippen LogP) is 4.03. The fraction of sp³-hybridized carbons (Fsp3) is 0.222. The van der Waals surface area contributed by atoms with Crippen molar-refractivity contribution >= 4 is 51.4 Å². The van der Waals surface area contributed by atoms with Crippen LogP contribution < -0.4 is 15.7 Å². The first-order valence-electron chi connectivity index (χ1n) is 12.0. The molecule has 1 amide bonds. The van der Waals surface area contributed by atoms with Gasteiger partial charge in [-0.2, -0.15) is 5.10 Å². The Morgan fingerprint density at radius 3 is 2.71 bits per heavy atom. The summed E-state index contributed by atoms with van der Waals surface area (Å²) < 4.78 is 6.83. The van der Waals surface area contributed by atoms with E-state index in [-0.39, 0.29) is 17.2 Å². The highest BCUT2D eigenvalue weighted by Crippen LogP contribution is 2.35. The van der Waals surface area contributed by atoms with Crippen LogP contribution in [0.5, 0.6) is 5.75 Å². The van der Waals surface area contributed by atoms with Gasteiger partial charge in [0.25, 0.3) is 11.5 Å². The molecule has 2 heterocycles. The maximum atomic E-state index is 13.7. The number of nitrogens with zero attached hydrogens (tertiary/aromatic N) is 3. The zero-order valence-electron chi connectivity index (χ0n) is 20.3. The standard InChI is InChI=1S/C27H24N4O5S2/c32-22(30-28-14-17-8-4-6-12-20(17)36-15-23(33)34)16-37-27-29-25-24(19-11-5-7-13-21(19)38-25)26(35)31(27)18-9-2-1-3-10-18/h1-4,6,8-10,12,14H,5,7,11,13,15-16H2,(H,30,32)(H,33,34)/b28-14+. The molecule has 4 aromatic rings. The number of carboxylic acid groups (broad SMARTS) is 1. The number of hydrazone groups is 1. The van der Waals surface area contributed by atoms with Crippen LogP contribution in [0.3, 0.4) is 0 Å². The Kier molecular flexibility index (Phi) is 7.85. The van der Waals surface area contributed by atoms with E-state index in [9.17, 15) is 14.4 Å². The monoisotopic (exact) mass is 548 g/mol. The first kappa shape index (κ1) is 25.7. The molecule has 0 radical (unpaired) electrons. The minimum absolute atomic E-state index is 0.00955. The van der Waals surface area contributed by atoms with E-state index in [1.165, 1.54) is 22.9 Å². The lowest BCUT2D eigenvalue weighted by atomic mass is 9.97. The third-order valence-electron chi connectivity index (χ3n) is 5.97. The maximum absolute atomic E-state index is 13.7. The molecule has 0 aliphatic heterocycles. The molecule has 0 fully saturated rings. The van der Waals surface area contributed by atoms with E-state index < -0.39 is 12.6 Å². The smallest absolute Gasteiger partial charge is 0.341 e. The van der Waals surface area contributed by atoms with Crippen LogP contribution in [0.4, 0.5) is 0 Å². The van der Waals surface area contributed by atoms with Crippen LogP contribution in [0.2, 0.25) is 0 Å². The molecule has 0 unspecified atom stereocenters. The number of fused-ring (bicyclic) bond motifs is 3. The second-order valence-corrected chi connectivity index (χ2v) is 10.6. The van der Waals surface area contributed by atoms with Gasteiger partial charge < -0.3 is 9.84 Å². The Bertz CT molecular complexity index is 1580. The van der Waals surface area contributed by atoms with Crippen molar-refractivity contribution in [1.82, 2.24) is 15.0 Å². The molecular weight excluding hydrogens is 524 g/mol. The van der Waals surface area contributed by atoms with Gasteiger partial charge in [0.1, 0.15) is 10.6 Å². The molecule has 2 aromatic heterocycles. The van der Waals surface area contributed by atoms with Crippen LogP contribution in [0.15, 0.2) is 69.6 Å². The van der Waals surface area contributed by atoms with Crippen molar-refractivity contribution in [2.24, 2.45) is 5.10 Å². The van der Waals surface area contributed by atoms with Gasteiger partial charge in [0.15, 0.2) is 11.8 Å². The van der Waals surface area contributed by atoms with Gasteiger partial charge in [-0.15, -0.1) is 11.3 Å². The third kappa shape index (κ3) is 5.63. The maximum Gasteiger partial charge on any atom is 0.341 e. The molecule has 1 aliphatic rings. The third-order valence-corrected chi connectivity index (χ3v) is 8.09. The molecule has 0 atom stereocenters. The molecule has 11 heteroatoms. The second-order valence-electron chi connectivity index (χ2n) is 8.56. The lowest BCUT2D eigenvalue weighted by molar-refractivity contribution is -0.139. The van der Waals surface area contributed by atoms with Gasteiger partial charge in [-0.05, 0) is 55.5 Å². The van der Waals surface area contributed by atoms with Crippen molar-refractivity contribution in [2.75, 3.05) is 12.4 Å². The van der Waals surface area contributed by atoms with E-state index >= 15 is 0 Å². The van der Waals surface area contributed by atoms with E-state index in [1.807, 2.05) is 30.3 Å². The van der Waals surface area contributed by atoms with Crippen LogP contribution >= 0.6 is 23.1 Å². The first-order chi connectivity index (χ1) is 18.5. The summed E-state index contributed by atoms with van der Waals surface area (Å²) in [5.74, 6) is -1.14. The van der Waals surface area contributed by atoms with Crippen LogP contribution in [0.1, 0.15) is 28.8 Å². The molecule has 5 rings (SSSR count). The van der Waals surface area contributed by atoms with Crippen LogP contribution in [-0.2, 0) is 22.4 Å². The predicted molar refractivity (Wildman–Crippen MR) is 148 cm³/mol. The number of aliphatic carboxylic acids is 1. The Morgan fingerprint density at radius 1 is 1.13 bits per heavy atom. The summed E-state index contributed by atoms with van der Waals surface area (Å²) in [6, 6.07) is 16.1. The Hall–Kier alpha value is -3.96. The summed E-state index contributed by atoms with van der Waals surface area (Å²) in [4.78, 5) is 43.9. The molecule has 0 saturated heterocycles. The number of rotatable bonds is 9. The molecule has 2 aromatic carbocycles. The van der Waals surface area contributed by atoms with Crippen LogP contribution in [0, 0.1) is 0 Å². The van der Waals surface area contributed by atoms with Crippen LogP contribution in [-0.4, -0.2) is 45.1 Å². The number of ether oxygens (including phenoxy) is 1. The number of thioether (sulfide) groups is 1. The van der Waals surface area contributed by atoms with Crippen molar-refractivity contribution in [3.63, 3.8) is 0 Å². The number of hydrogen-bond donors (Lipinski definition) is 2. The lowest BCUT2D eigenvalue weighted by Gasteiger charge is -2.13. The number of aromatic nitrogens is 2. The highest BCUT2D eigenvalue weighted by molar-refractivity contribution is 7.99. The number of carbonyl (C=O) groups excluding carboxylic acids is 1. The van der Waals surface area contributed by atoms with Crippen LogP contribution in [0.25, 0.3) is 15.9 Å². The fourth-order valence-corrected chi connectivity index (χ4v) is 6.39. The molecule has 2 N–H and O–H groups in total. The minimum Gasteiger partial charge on any atom is -0.481 e. The summed E-state index contributed by atoms with van der Waals surface area (Å²) >= 11 is 2.74. The van der Waals surface area contributed by atoms with Gasteiger partial charge in [0.2, 0.25) is 0 Å². The number of hydrogen-bond acceptors (Lipinski definition) is 8. The summed E-state index contributed by atoms with van der Waals surface area (Å²) in [7, 11) is 0. The normalized spacial score (nSPS) is 12.9. The zero-order valence-corrected chi connectivity index (χ0v) is 21.9. The Morgan fingerprint density at radius 2 is 1.89 bits per heavy atom. The quantitative estimate of drug-likeness (QED) is 0.140. The zero-order chi connectivity index (χ0) is 26.5. The van der Waals surface area contributed by atoms with Crippen molar-refractivity contribution in [3.05, 3.63) is 81.0 Å². The summed E-state index contributed by atoms with van der Waals surface area (Å²) in [5.41, 5.74) is 4.70. The number of amides is 1. The average molecular weight is 549 g/mol. The average Bonchev–Trinajstić information content (AvgIpc) is 3.30. The van der Waals surface area contributed by atoms with Gasteiger partial charge >= 0.3 is 5.97 Å². The number of para-hydroxylation sites is 2. The fourth-order valence-electron chi connectivity index (χ4n) is 4.28. The number of thiophene rings is 1. The van der Waals surface area contributed by atoms with Gasteiger partial charge in [-0.3, -0.25) is 14.2 Å². The molecular formula is C27H24N4O5S2. The van der Waals surface area contributed by atoms with Crippen molar-refractivity contribution < 1.29 is 19.4 Å². The van der Waals surface area contributed by atoms with Gasteiger partial charge in [-0.1, -0.05) is 42.1 Å². The lowest BCUT2D eigenvalue weighted by Crippen LogP contribution is -2.24. The van der Waals surface area contributed by atoms with E-state index in [0.717, 1.165) is 31.2 Å². The number of aryl methyl sites for hydroxylation is 2. The topological polar surface area (TPSA) is 123 Å². The summed E-state index contributed by atoms with van der Waals surface area (Å²) in [5, 5.41) is 13.9. The van der Waals surface area contributed by atoms with Gasteiger partial charge in [0, 0.05) is 10.4 Å². The molecule has 38 heavy (non-hydrogen) atoms. The van der Waals surface area contributed by atoms with E-state index in [1.54, 1.807) is 40.2 Å². The summed E-state index contributed by atoms with van der Waals surface area (Å²) in [6.07, 6.45) is 5.43. The molecule has 0 saturated carbocycles. The largest absolute Gasteiger partial charge is 0.481 e. The summed E-state index contributed by atoms with van der Waals surface area (Å²) in [6.45, 7) is -0.485. The second kappa shape index (κ2) is 11.6. The van der Waals surface area contributed by atoms with Gasteiger partial charge in [-0.25, -0.2) is 15.2 Å². The Labute approximate surface area is 226 Å².